The van der Waals surface area contributed by atoms with E-state index in [1.807, 2.05) is 0 Å². The van der Waals surface area contributed by atoms with Crippen LogP contribution in [0.3, 0.4) is 0 Å². The lowest BCUT2D eigenvalue weighted by atomic mass is 10.2. The number of pyridine rings is 2. The van der Waals surface area contributed by atoms with Gasteiger partial charge < -0.3 is 0 Å². The molecule has 0 unspecified atom stereocenters. The predicted octanol–water partition coefficient (Wildman–Crippen LogP) is 3.53. The van der Waals surface area contributed by atoms with Crippen LogP contribution in [-0.2, 0) is 23.7 Å². The van der Waals surface area contributed by atoms with Crippen molar-refractivity contribution in [3.8, 4) is 0 Å². The van der Waals surface area contributed by atoms with Crippen LogP contribution in [0.15, 0.2) is 49.1 Å². The summed E-state index contributed by atoms with van der Waals surface area (Å²) >= 11 is 6.99. The number of hydrogen-bond acceptors (Lipinski definition) is 0. The first kappa shape index (κ1) is 15.6. The summed E-state index contributed by atoms with van der Waals surface area (Å²) < 4.78 is 4.55. The van der Waals surface area contributed by atoms with Crippen molar-refractivity contribution in [2.45, 2.75) is 36.6 Å². The lowest BCUT2D eigenvalue weighted by Gasteiger charge is -2.00. The van der Waals surface area contributed by atoms with Crippen molar-refractivity contribution < 1.29 is 9.13 Å². The van der Waals surface area contributed by atoms with E-state index in [9.17, 15) is 0 Å². The van der Waals surface area contributed by atoms with Gasteiger partial charge in [0.2, 0.25) is 0 Å². The summed E-state index contributed by atoms with van der Waals surface area (Å²) in [5, 5.41) is 1.84. The molecule has 2 nitrogen and oxygen atoms in total. The van der Waals surface area contributed by atoms with Gasteiger partial charge in [-0.2, -0.15) is 0 Å². The van der Waals surface area contributed by atoms with E-state index in [1.54, 1.807) is 0 Å². The van der Waals surface area contributed by atoms with Gasteiger partial charge in [-0.15, -0.1) is 0 Å². The number of hydrogen-bond donors (Lipinski definition) is 0. The van der Waals surface area contributed by atoms with Crippen LogP contribution < -0.4 is 9.13 Å². The normalized spacial score (nSPS) is 10.7. The molecule has 2 heterocycles. The van der Waals surface area contributed by atoms with Crippen LogP contribution in [-0.4, -0.2) is 0 Å². The molecule has 2 rings (SSSR count). The second-order valence-corrected chi connectivity index (χ2v) is 6.00. The van der Waals surface area contributed by atoms with Gasteiger partial charge in [0.05, 0.1) is 0 Å². The van der Waals surface area contributed by atoms with Gasteiger partial charge in [0.1, 0.15) is 13.1 Å². The topological polar surface area (TPSA) is 7.76 Å². The number of unbranched alkanes of at least 4 members (excludes halogenated alkanes) is 1. The smallest absolute Gasteiger partial charge is 0.172 e. The van der Waals surface area contributed by atoms with Gasteiger partial charge in [0, 0.05) is 46.8 Å². The fraction of sp³-hybridized carbons (Fsp3) is 0.375. The number of alkyl halides is 2. The zero-order valence-electron chi connectivity index (χ0n) is 11.5. The van der Waals surface area contributed by atoms with E-state index in [1.165, 1.54) is 24.0 Å². The molecule has 2 aromatic heterocycles. The Balaban J connectivity index is 1.78. The van der Waals surface area contributed by atoms with Crippen molar-refractivity contribution in [3.63, 3.8) is 0 Å². The Labute approximate surface area is 137 Å². The van der Waals surface area contributed by atoms with Crippen molar-refractivity contribution in [3.05, 3.63) is 60.2 Å². The first-order valence-corrected chi connectivity index (χ1v) is 9.14. The molecule has 0 atom stereocenters. The van der Waals surface area contributed by atoms with E-state index in [0.717, 1.165) is 23.7 Å². The fourth-order valence-electron chi connectivity index (χ4n) is 2.18. The molecule has 0 radical (unpaired) electrons. The molecule has 0 spiro atoms. The highest BCUT2D eigenvalue weighted by Crippen LogP contribution is 2.02. The second-order valence-electron chi connectivity index (χ2n) is 4.87. The summed E-state index contributed by atoms with van der Waals surface area (Å²) in [6.07, 6.45) is 11.1. The zero-order chi connectivity index (χ0) is 14.2. The van der Waals surface area contributed by atoms with Gasteiger partial charge in [0.25, 0.3) is 0 Å². The molecule has 0 aliphatic carbocycles. The lowest BCUT2D eigenvalue weighted by molar-refractivity contribution is -0.708. The van der Waals surface area contributed by atoms with Gasteiger partial charge in [-0.3, -0.25) is 0 Å². The highest BCUT2D eigenvalue weighted by Gasteiger charge is 2.05. The third-order valence-electron chi connectivity index (χ3n) is 3.23. The standard InChI is InChI=1S/C16H20Br2N2/c17-11-15-5-3-9-19(13-15)7-1-2-8-20-10-4-6-16(12-18)14-20/h3-6,9-10,13-14H,1-2,7-8,11-12H2/q+2. The van der Waals surface area contributed by atoms with Crippen LogP contribution in [0.2, 0.25) is 0 Å². The molecule has 20 heavy (non-hydrogen) atoms. The average molecular weight is 400 g/mol. The Morgan fingerprint density at radius 2 is 1.20 bits per heavy atom. The third kappa shape index (κ3) is 4.98. The van der Waals surface area contributed by atoms with E-state index < -0.39 is 0 Å². The molecule has 0 aromatic carbocycles. The van der Waals surface area contributed by atoms with Crippen molar-refractivity contribution in [1.82, 2.24) is 0 Å². The molecule has 106 valence electrons. The summed E-state index contributed by atoms with van der Waals surface area (Å²) in [4.78, 5) is 0. The number of rotatable bonds is 7. The number of aromatic nitrogens is 2. The minimum atomic E-state index is 0.920. The van der Waals surface area contributed by atoms with Crippen LogP contribution in [0, 0.1) is 0 Å². The zero-order valence-corrected chi connectivity index (χ0v) is 14.7. The number of halogens is 2. The van der Waals surface area contributed by atoms with E-state index in [4.69, 9.17) is 0 Å². The molecular weight excluding hydrogens is 380 g/mol. The largest absolute Gasteiger partial charge is 0.205 e. The first-order valence-electron chi connectivity index (χ1n) is 6.89. The number of nitrogens with zero attached hydrogens (tertiary/aromatic N) is 2. The highest BCUT2D eigenvalue weighted by molar-refractivity contribution is 9.08. The van der Waals surface area contributed by atoms with Crippen LogP contribution in [0.5, 0.6) is 0 Å². The highest BCUT2D eigenvalue weighted by atomic mass is 79.9. The van der Waals surface area contributed by atoms with Crippen molar-refractivity contribution in [2.24, 2.45) is 0 Å². The SMILES string of the molecule is BrCc1ccc[n+](CCCC[n+]2cccc(CBr)c2)c1. The van der Waals surface area contributed by atoms with Crippen molar-refractivity contribution in [2.75, 3.05) is 0 Å². The molecule has 0 amide bonds. The molecule has 2 aromatic rings. The molecule has 0 fully saturated rings. The molecule has 0 aliphatic rings. The quantitative estimate of drug-likeness (QED) is 0.382. The molecule has 0 bridgehead atoms. The summed E-state index contributed by atoms with van der Waals surface area (Å²) in [5.74, 6) is 0. The molecule has 0 saturated carbocycles. The summed E-state index contributed by atoms with van der Waals surface area (Å²) in [7, 11) is 0. The Hall–Kier alpha value is -0.740. The van der Waals surface area contributed by atoms with E-state index in [2.05, 4.69) is 90.0 Å². The second kappa shape index (κ2) is 8.53. The fourth-order valence-corrected chi connectivity index (χ4v) is 2.84. The van der Waals surface area contributed by atoms with Crippen LogP contribution >= 0.6 is 31.9 Å². The summed E-state index contributed by atoms with van der Waals surface area (Å²) in [6.45, 7) is 2.17. The van der Waals surface area contributed by atoms with E-state index in [-0.39, 0.29) is 0 Å². The van der Waals surface area contributed by atoms with Crippen molar-refractivity contribution in [1.29, 1.82) is 0 Å². The maximum Gasteiger partial charge on any atom is 0.172 e. The van der Waals surface area contributed by atoms with Gasteiger partial charge in [-0.1, -0.05) is 31.9 Å². The Morgan fingerprint density at radius 3 is 1.60 bits per heavy atom. The molecule has 0 N–H and O–H groups in total. The average Bonchev–Trinajstić information content (AvgIpc) is 2.52. The molecule has 0 aliphatic heterocycles. The van der Waals surface area contributed by atoms with E-state index >= 15 is 0 Å². The van der Waals surface area contributed by atoms with Gasteiger partial charge in [-0.05, 0) is 12.1 Å². The lowest BCUT2D eigenvalue weighted by Crippen LogP contribution is -2.36. The van der Waals surface area contributed by atoms with E-state index in [0.29, 0.717) is 0 Å². The van der Waals surface area contributed by atoms with Crippen molar-refractivity contribution >= 4 is 31.9 Å². The monoisotopic (exact) mass is 398 g/mol. The minimum Gasteiger partial charge on any atom is -0.205 e. The maximum absolute atomic E-state index is 3.50. The Kier molecular flexibility index (Phi) is 6.67. The summed E-state index contributed by atoms with van der Waals surface area (Å²) in [6, 6.07) is 8.52. The van der Waals surface area contributed by atoms with Gasteiger partial charge >= 0.3 is 0 Å². The summed E-state index contributed by atoms with van der Waals surface area (Å²) in [5.41, 5.74) is 2.65. The van der Waals surface area contributed by atoms with Gasteiger partial charge in [0.15, 0.2) is 24.8 Å². The Bertz CT molecular complexity index is 494. The molecular formula is C16H20Br2N2+2. The minimum absolute atomic E-state index is 0.920. The van der Waals surface area contributed by atoms with Crippen LogP contribution in [0.1, 0.15) is 24.0 Å². The van der Waals surface area contributed by atoms with Crippen LogP contribution in [0.25, 0.3) is 0 Å². The number of aryl methyl sites for hydroxylation is 2. The maximum atomic E-state index is 3.50. The first-order chi connectivity index (χ1) is 9.81. The van der Waals surface area contributed by atoms with Crippen LogP contribution in [0.4, 0.5) is 0 Å². The Morgan fingerprint density at radius 1 is 0.750 bits per heavy atom. The predicted molar refractivity (Wildman–Crippen MR) is 87.8 cm³/mol. The van der Waals surface area contributed by atoms with Gasteiger partial charge in [-0.25, -0.2) is 9.13 Å². The molecule has 4 heteroatoms. The third-order valence-corrected chi connectivity index (χ3v) is 4.53. The molecule has 0 saturated heterocycles.